The molecule has 268 valence electrons. The molecule has 7 rings (SSSR count). The fourth-order valence-corrected chi connectivity index (χ4v) is 8.04. The van der Waals surface area contributed by atoms with E-state index >= 15 is 0 Å². The number of amides is 1. The van der Waals surface area contributed by atoms with Crippen LogP contribution in [0.25, 0.3) is 21.3 Å². The van der Waals surface area contributed by atoms with E-state index in [-0.39, 0.29) is 17.5 Å². The number of carbonyl (C=O) groups is 3. The molecule has 5 aromatic rings. The van der Waals surface area contributed by atoms with Gasteiger partial charge in [0.2, 0.25) is 0 Å². The number of carbonyl (C=O) groups excluding carboxylic acids is 3. The predicted molar refractivity (Wildman–Crippen MR) is 207 cm³/mol. The van der Waals surface area contributed by atoms with Crippen molar-refractivity contribution in [3.8, 4) is 16.9 Å². The second-order valence-corrected chi connectivity index (χ2v) is 14.7. The van der Waals surface area contributed by atoms with Gasteiger partial charge in [-0.1, -0.05) is 41.7 Å². The van der Waals surface area contributed by atoms with Gasteiger partial charge in [0.1, 0.15) is 23.0 Å². The molecule has 4 heterocycles. The van der Waals surface area contributed by atoms with Gasteiger partial charge in [-0.05, 0) is 91.4 Å². The minimum absolute atomic E-state index is 0.105. The van der Waals surface area contributed by atoms with Crippen LogP contribution >= 0.6 is 11.3 Å². The van der Waals surface area contributed by atoms with Gasteiger partial charge in [0.05, 0.1) is 23.4 Å². The molecule has 0 atom stereocenters. The lowest BCUT2D eigenvalue weighted by atomic mass is 9.94. The maximum absolute atomic E-state index is 13.5. The standard InChI is InChI=1S/C41H44N6O4S/c1-27-24-31(51-23-7-17-45-19-21-46(22-20-45)25-28(2)48)12-13-32(27)33-14-15-38(43-39(33)29(3)49)47-18-16-30-8-6-9-34(35(30)26-47)40(50)44-41-42-36-10-4-5-11-37(36)52-41/h4-6,8-15,24H,7,16-23,25-26H2,1-3H3,(H,42,44,50). The van der Waals surface area contributed by atoms with Gasteiger partial charge in [-0.25, -0.2) is 9.97 Å². The molecule has 3 aromatic carbocycles. The Kier molecular flexibility index (Phi) is 10.7. The van der Waals surface area contributed by atoms with Crippen molar-refractivity contribution in [1.82, 2.24) is 19.8 Å². The van der Waals surface area contributed by atoms with Crippen LogP contribution in [-0.2, 0) is 17.8 Å². The molecule has 10 nitrogen and oxygen atoms in total. The second kappa shape index (κ2) is 15.7. The highest BCUT2D eigenvalue weighted by molar-refractivity contribution is 7.22. The quantitative estimate of drug-likeness (QED) is 0.112. The minimum atomic E-state index is -0.186. The number of para-hydroxylation sites is 1. The van der Waals surface area contributed by atoms with E-state index in [9.17, 15) is 14.4 Å². The fraction of sp³-hybridized carbons (Fsp3) is 0.341. The number of ether oxygens (including phenoxy) is 1. The summed E-state index contributed by atoms with van der Waals surface area (Å²) < 4.78 is 7.14. The number of aryl methyl sites for hydroxylation is 1. The highest BCUT2D eigenvalue weighted by Crippen LogP contribution is 2.33. The van der Waals surface area contributed by atoms with Crippen molar-refractivity contribution in [2.75, 3.05) is 62.6 Å². The number of Topliss-reactive ketones (excluding diaryl/α,β-unsaturated/α-hetero) is 2. The number of ketones is 2. The van der Waals surface area contributed by atoms with Crippen LogP contribution in [0.15, 0.2) is 72.8 Å². The molecule has 11 heteroatoms. The lowest BCUT2D eigenvalue weighted by molar-refractivity contribution is -0.118. The number of aromatic nitrogens is 2. The van der Waals surface area contributed by atoms with Crippen molar-refractivity contribution in [3.05, 3.63) is 101 Å². The first kappa shape index (κ1) is 35.4. The number of thiazole rings is 1. The zero-order valence-electron chi connectivity index (χ0n) is 30.0. The summed E-state index contributed by atoms with van der Waals surface area (Å²) in [5.74, 6) is 1.44. The minimum Gasteiger partial charge on any atom is -0.494 e. The van der Waals surface area contributed by atoms with Gasteiger partial charge < -0.3 is 14.5 Å². The van der Waals surface area contributed by atoms with Gasteiger partial charge in [0, 0.05) is 63.9 Å². The summed E-state index contributed by atoms with van der Waals surface area (Å²) in [5, 5.41) is 3.59. The van der Waals surface area contributed by atoms with Gasteiger partial charge in [0.25, 0.3) is 5.91 Å². The maximum Gasteiger partial charge on any atom is 0.257 e. The Hall–Kier alpha value is -4.97. The molecule has 0 spiro atoms. The second-order valence-electron chi connectivity index (χ2n) is 13.7. The van der Waals surface area contributed by atoms with E-state index in [1.807, 2.05) is 73.7 Å². The van der Waals surface area contributed by atoms with E-state index in [1.165, 1.54) is 11.3 Å². The predicted octanol–water partition coefficient (Wildman–Crippen LogP) is 6.66. The van der Waals surface area contributed by atoms with Gasteiger partial charge >= 0.3 is 0 Å². The van der Waals surface area contributed by atoms with Crippen LogP contribution in [0, 0.1) is 6.92 Å². The zero-order valence-corrected chi connectivity index (χ0v) is 30.8. The number of nitrogens with zero attached hydrogens (tertiary/aromatic N) is 5. The van der Waals surface area contributed by atoms with Gasteiger partial charge in [-0.15, -0.1) is 0 Å². The average molecular weight is 717 g/mol. The number of rotatable bonds is 12. The van der Waals surface area contributed by atoms with E-state index in [1.54, 1.807) is 13.8 Å². The summed E-state index contributed by atoms with van der Waals surface area (Å²) in [6.07, 6.45) is 1.68. The van der Waals surface area contributed by atoms with Crippen molar-refractivity contribution in [2.45, 2.75) is 40.2 Å². The van der Waals surface area contributed by atoms with Crippen LogP contribution < -0.4 is 15.0 Å². The number of anilines is 2. The van der Waals surface area contributed by atoms with Crippen molar-refractivity contribution >= 4 is 50.0 Å². The molecule has 1 amide bonds. The monoisotopic (exact) mass is 716 g/mol. The van der Waals surface area contributed by atoms with Crippen molar-refractivity contribution < 1.29 is 19.1 Å². The van der Waals surface area contributed by atoms with Crippen molar-refractivity contribution in [3.63, 3.8) is 0 Å². The summed E-state index contributed by atoms with van der Waals surface area (Å²) in [5.41, 5.74) is 6.73. The first-order valence-corrected chi connectivity index (χ1v) is 18.8. The first-order valence-electron chi connectivity index (χ1n) is 17.9. The fourth-order valence-electron chi connectivity index (χ4n) is 7.18. The van der Waals surface area contributed by atoms with Gasteiger partial charge in [-0.3, -0.25) is 24.6 Å². The molecular formula is C41H44N6O4S. The molecule has 0 unspecified atom stereocenters. The van der Waals surface area contributed by atoms with Crippen molar-refractivity contribution in [1.29, 1.82) is 0 Å². The molecule has 1 saturated heterocycles. The van der Waals surface area contributed by atoms with Gasteiger partial charge in [0.15, 0.2) is 10.9 Å². The van der Waals surface area contributed by atoms with Crippen molar-refractivity contribution in [2.24, 2.45) is 0 Å². The molecule has 0 aliphatic carbocycles. The number of hydrogen-bond donors (Lipinski definition) is 1. The number of hydrogen-bond acceptors (Lipinski definition) is 10. The summed E-state index contributed by atoms with van der Waals surface area (Å²) in [4.78, 5) is 54.2. The lowest BCUT2D eigenvalue weighted by Crippen LogP contribution is -2.47. The molecule has 0 radical (unpaired) electrons. The first-order chi connectivity index (χ1) is 25.2. The Labute approximate surface area is 308 Å². The van der Waals surface area contributed by atoms with Crippen LogP contribution in [0.2, 0.25) is 0 Å². The van der Waals surface area contributed by atoms with E-state index < -0.39 is 0 Å². The third kappa shape index (κ3) is 8.07. The molecular weight excluding hydrogens is 673 g/mol. The summed E-state index contributed by atoms with van der Waals surface area (Å²) in [6.45, 7) is 12.4. The smallest absolute Gasteiger partial charge is 0.257 e. The third-order valence-corrected chi connectivity index (χ3v) is 10.8. The molecule has 52 heavy (non-hydrogen) atoms. The van der Waals surface area contributed by atoms with E-state index in [4.69, 9.17) is 9.72 Å². The Morgan fingerprint density at radius 3 is 2.42 bits per heavy atom. The Balaban J connectivity index is 1.00. The lowest BCUT2D eigenvalue weighted by Gasteiger charge is -2.34. The number of fused-ring (bicyclic) bond motifs is 2. The van der Waals surface area contributed by atoms with Gasteiger partial charge in [-0.2, -0.15) is 0 Å². The molecule has 2 aliphatic rings. The highest BCUT2D eigenvalue weighted by atomic mass is 32.1. The highest BCUT2D eigenvalue weighted by Gasteiger charge is 2.25. The largest absolute Gasteiger partial charge is 0.494 e. The Morgan fingerprint density at radius 2 is 1.65 bits per heavy atom. The third-order valence-electron chi connectivity index (χ3n) is 9.86. The topological polar surface area (TPSA) is 108 Å². The number of benzene rings is 3. The van der Waals surface area contributed by atoms with Crippen LogP contribution in [0.3, 0.4) is 0 Å². The molecule has 1 fully saturated rings. The summed E-state index contributed by atoms with van der Waals surface area (Å²) in [6, 6.07) is 23.7. The SMILES string of the molecule is CC(=O)CN1CCN(CCCOc2ccc(-c3ccc(N4CCc5cccc(C(=O)Nc6nc7ccccc7s6)c5C4)nc3C(C)=O)c(C)c2)CC1. The number of pyridine rings is 1. The summed E-state index contributed by atoms with van der Waals surface area (Å²) in [7, 11) is 0. The van der Waals surface area contributed by atoms with Crippen LogP contribution in [0.4, 0.5) is 10.9 Å². The zero-order chi connectivity index (χ0) is 36.2. The van der Waals surface area contributed by atoms with E-state index in [0.717, 1.165) is 95.9 Å². The molecule has 0 saturated carbocycles. The van der Waals surface area contributed by atoms with Crippen LogP contribution in [-0.4, -0.2) is 89.7 Å². The average Bonchev–Trinajstić information content (AvgIpc) is 3.55. The Bertz CT molecular complexity index is 2090. The van der Waals surface area contributed by atoms with Crippen LogP contribution in [0.1, 0.15) is 57.8 Å². The number of piperazine rings is 1. The number of nitrogens with one attached hydrogen (secondary N) is 1. The van der Waals surface area contributed by atoms with Crippen LogP contribution in [0.5, 0.6) is 5.75 Å². The molecule has 2 aliphatic heterocycles. The van der Waals surface area contributed by atoms with E-state index in [2.05, 4.69) is 31.1 Å². The molecule has 1 N–H and O–H groups in total. The molecule has 2 aromatic heterocycles. The van der Waals surface area contributed by atoms with E-state index in [0.29, 0.717) is 41.9 Å². The Morgan fingerprint density at radius 1 is 0.865 bits per heavy atom. The molecule has 0 bridgehead atoms. The summed E-state index contributed by atoms with van der Waals surface area (Å²) >= 11 is 1.46. The normalized spacial score (nSPS) is 15.0. The maximum atomic E-state index is 13.5.